The predicted molar refractivity (Wildman–Crippen MR) is 184 cm³/mol. The molecule has 0 amide bonds. The number of carbonyl (C=O) groups is 1. The fraction of sp³-hybridized carbons (Fsp3) is 0.634. The van der Waals surface area contributed by atoms with Crippen LogP contribution in [-0.4, -0.2) is 52.8 Å². The molecule has 2 aliphatic heterocycles. The molecule has 2 saturated heterocycles. The number of fused-ring (bicyclic) bond motifs is 7. The maximum absolute atomic E-state index is 12.1. The van der Waals surface area contributed by atoms with Gasteiger partial charge in [-0.2, -0.15) is 0 Å². The summed E-state index contributed by atoms with van der Waals surface area (Å²) in [5.41, 5.74) is 2.73. The molecule has 48 heavy (non-hydrogen) atoms. The van der Waals surface area contributed by atoms with Gasteiger partial charge in [-0.25, -0.2) is 0 Å². The molecular weight excluding hydrogens is 604 g/mol. The number of allylic oxidation sites excluding steroid dienone is 2. The SMILES string of the molecule is CC1CCC2(OC1)OC1CC3C4CCC5CC(O)CCC5(C)C4=CCC3(C)C1C2C.COc1ccc(C(=O)c2ccccc2O)c(O)c1. The van der Waals surface area contributed by atoms with Gasteiger partial charge >= 0.3 is 0 Å². The molecule has 7 nitrogen and oxygen atoms in total. The summed E-state index contributed by atoms with van der Waals surface area (Å²) in [4.78, 5) is 12.1. The Hall–Kier alpha value is -2.87. The third-order valence-corrected chi connectivity index (χ3v) is 13.9. The predicted octanol–water partition coefficient (Wildman–Crippen LogP) is 8.05. The Morgan fingerprint density at radius 2 is 1.71 bits per heavy atom. The van der Waals surface area contributed by atoms with Crippen LogP contribution in [0.15, 0.2) is 54.1 Å². The molecule has 1 spiro atoms. The molecule has 6 aliphatic rings. The van der Waals surface area contributed by atoms with Gasteiger partial charge in [-0.05, 0) is 116 Å². The van der Waals surface area contributed by atoms with Crippen molar-refractivity contribution in [3.63, 3.8) is 0 Å². The fourth-order valence-corrected chi connectivity index (χ4v) is 11.2. The average Bonchev–Trinajstić information content (AvgIpc) is 3.52. The van der Waals surface area contributed by atoms with Crippen LogP contribution in [0.4, 0.5) is 0 Å². The Bertz CT molecular complexity index is 1560. The van der Waals surface area contributed by atoms with Crippen molar-refractivity contribution in [2.45, 2.75) is 103 Å². The van der Waals surface area contributed by atoms with Gasteiger partial charge in [0.25, 0.3) is 0 Å². The second kappa shape index (κ2) is 12.5. The standard InChI is InChI=1S/C27H42O3.C14H12O4/c1-16-7-12-27(29-15-16)17(2)24-23(30-27)14-22-20-6-5-18-13-19(28)8-10-25(18,3)21(20)9-11-26(22,24)4;1-18-9-6-7-11(13(16)8-9)14(17)10-4-2-3-5-12(10)15/h9,16-20,22-24,28H,5-8,10-15H2,1-4H3;2-8,15-16H,1H3. The zero-order valence-electron chi connectivity index (χ0n) is 29.3. The van der Waals surface area contributed by atoms with Gasteiger partial charge in [-0.15, -0.1) is 0 Å². The van der Waals surface area contributed by atoms with Gasteiger partial charge in [0, 0.05) is 18.4 Å². The molecule has 2 heterocycles. The van der Waals surface area contributed by atoms with Crippen LogP contribution in [0.2, 0.25) is 0 Å². The van der Waals surface area contributed by atoms with Gasteiger partial charge in [-0.3, -0.25) is 4.79 Å². The van der Waals surface area contributed by atoms with E-state index in [1.165, 1.54) is 69.9 Å². The largest absolute Gasteiger partial charge is 0.507 e. The first-order chi connectivity index (χ1) is 22.9. The first kappa shape index (κ1) is 33.6. The van der Waals surface area contributed by atoms with E-state index in [0.29, 0.717) is 46.4 Å². The molecule has 2 aromatic carbocycles. The topological polar surface area (TPSA) is 105 Å². The summed E-state index contributed by atoms with van der Waals surface area (Å²) in [5.74, 6) is 3.41. The van der Waals surface area contributed by atoms with Crippen LogP contribution >= 0.6 is 0 Å². The number of benzene rings is 2. The van der Waals surface area contributed by atoms with E-state index in [1.807, 2.05) is 0 Å². The van der Waals surface area contributed by atoms with Crippen molar-refractivity contribution in [3.05, 3.63) is 65.2 Å². The lowest BCUT2D eigenvalue weighted by Gasteiger charge is -2.57. The molecule has 3 saturated carbocycles. The molecular formula is C41H54O7. The number of hydrogen-bond donors (Lipinski definition) is 3. The van der Waals surface area contributed by atoms with Gasteiger partial charge in [0.05, 0.1) is 37.1 Å². The van der Waals surface area contributed by atoms with E-state index in [0.717, 1.165) is 37.7 Å². The van der Waals surface area contributed by atoms with Crippen LogP contribution < -0.4 is 4.74 Å². The number of phenols is 2. The highest BCUT2D eigenvalue weighted by atomic mass is 16.7. The maximum atomic E-state index is 12.1. The molecule has 3 N–H and O–H groups in total. The fourth-order valence-electron chi connectivity index (χ4n) is 11.2. The smallest absolute Gasteiger partial charge is 0.200 e. The molecule has 0 aromatic heterocycles. The second-order valence-electron chi connectivity index (χ2n) is 16.4. The Kier molecular flexibility index (Phi) is 8.74. The number of para-hydroxylation sites is 1. The molecule has 5 fully saturated rings. The highest BCUT2D eigenvalue weighted by Crippen LogP contribution is 2.69. The van der Waals surface area contributed by atoms with Gasteiger partial charge in [0.15, 0.2) is 11.6 Å². The number of aliphatic hydroxyl groups is 1. The molecule has 8 rings (SSSR count). The number of carbonyl (C=O) groups excluding carboxylic acids is 1. The minimum absolute atomic E-state index is 0.0661. The molecule has 0 radical (unpaired) electrons. The Labute approximate surface area is 285 Å². The third kappa shape index (κ3) is 5.39. The van der Waals surface area contributed by atoms with E-state index in [-0.39, 0.29) is 34.5 Å². The molecule has 0 bridgehead atoms. The van der Waals surface area contributed by atoms with E-state index < -0.39 is 5.78 Å². The zero-order chi connectivity index (χ0) is 34.0. The van der Waals surface area contributed by atoms with Gasteiger partial charge < -0.3 is 29.5 Å². The van der Waals surface area contributed by atoms with E-state index in [9.17, 15) is 20.1 Å². The van der Waals surface area contributed by atoms with Crippen LogP contribution in [-0.2, 0) is 9.47 Å². The summed E-state index contributed by atoms with van der Waals surface area (Å²) < 4.78 is 18.3. The van der Waals surface area contributed by atoms with Crippen LogP contribution in [0.3, 0.4) is 0 Å². The van der Waals surface area contributed by atoms with E-state index in [4.69, 9.17) is 14.2 Å². The van der Waals surface area contributed by atoms with Crippen molar-refractivity contribution < 1.29 is 34.3 Å². The molecule has 7 heteroatoms. The number of ketones is 1. The van der Waals surface area contributed by atoms with Crippen LogP contribution in [0.5, 0.6) is 17.2 Å². The van der Waals surface area contributed by atoms with Crippen molar-refractivity contribution in [1.29, 1.82) is 0 Å². The van der Waals surface area contributed by atoms with Crippen molar-refractivity contribution in [2.75, 3.05) is 13.7 Å². The van der Waals surface area contributed by atoms with Crippen LogP contribution in [0.25, 0.3) is 0 Å². The lowest BCUT2D eigenvalue weighted by Crippen LogP contribution is -2.50. The lowest BCUT2D eigenvalue weighted by molar-refractivity contribution is -0.272. The van der Waals surface area contributed by atoms with E-state index >= 15 is 0 Å². The third-order valence-electron chi connectivity index (χ3n) is 13.9. The number of rotatable bonds is 3. The first-order valence-electron chi connectivity index (χ1n) is 18.3. The van der Waals surface area contributed by atoms with Crippen molar-refractivity contribution in [2.24, 2.45) is 46.3 Å². The minimum Gasteiger partial charge on any atom is -0.507 e. The summed E-state index contributed by atoms with van der Waals surface area (Å²) in [6.45, 7) is 10.7. The number of methoxy groups -OCH3 is 1. The van der Waals surface area contributed by atoms with E-state index in [2.05, 4.69) is 33.8 Å². The molecule has 2 aromatic rings. The number of aliphatic hydroxyl groups excluding tert-OH is 1. The lowest BCUT2D eigenvalue weighted by atomic mass is 9.48. The minimum atomic E-state index is -0.437. The summed E-state index contributed by atoms with van der Waals surface area (Å²) in [5, 5.41) is 29.6. The maximum Gasteiger partial charge on any atom is 0.200 e. The molecule has 11 atom stereocenters. The molecule has 11 unspecified atom stereocenters. The number of hydrogen-bond acceptors (Lipinski definition) is 7. The van der Waals surface area contributed by atoms with Crippen molar-refractivity contribution in [3.8, 4) is 17.2 Å². The van der Waals surface area contributed by atoms with Crippen molar-refractivity contribution in [1.82, 2.24) is 0 Å². The quantitative estimate of drug-likeness (QED) is 0.226. The molecule has 4 aliphatic carbocycles. The summed E-state index contributed by atoms with van der Waals surface area (Å²) in [6, 6.07) is 10.6. The number of phenolic OH excluding ortho intramolecular Hbond substituents is 2. The highest BCUT2D eigenvalue weighted by Gasteiger charge is 2.67. The van der Waals surface area contributed by atoms with Gasteiger partial charge in [-0.1, -0.05) is 51.5 Å². The second-order valence-corrected chi connectivity index (χ2v) is 16.4. The first-order valence-corrected chi connectivity index (χ1v) is 18.3. The summed E-state index contributed by atoms with van der Waals surface area (Å²) >= 11 is 0. The van der Waals surface area contributed by atoms with E-state index in [1.54, 1.807) is 23.8 Å². The average molecular weight is 659 g/mol. The Balaban J connectivity index is 0.000000174. The number of aromatic hydroxyl groups is 2. The zero-order valence-corrected chi connectivity index (χ0v) is 29.3. The Morgan fingerprint density at radius 1 is 0.938 bits per heavy atom. The monoisotopic (exact) mass is 658 g/mol. The normalized spacial score (nSPS) is 41.2. The van der Waals surface area contributed by atoms with Crippen LogP contribution in [0, 0.1) is 46.3 Å². The van der Waals surface area contributed by atoms with Crippen molar-refractivity contribution >= 4 is 5.78 Å². The summed E-state index contributed by atoms with van der Waals surface area (Å²) in [6.07, 6.45) is 13.6. The van der Waals surface area contributed by atoms with Gasteiger partial charge in [0.2, 0.25) is 0 Å². The molecule has 260 valence electrons. The Morgan fingerprint density at radius 3 is 2.42 bits per heavy atom. The summed E-state index contributed by atoms with van der Waals surface area (Å²) in [7, 11) is 1.47. The van der Waals surface area contributed by atoms with Gasteiger partial charge in [0.1, 0.15) is 17.2 Å². The highest BCUT2D eigenvalue weighted by molar-refractivity contribution is 6.12. The van der Waals surface area contributed by atoms with Crippen LogP contribution in [0.1, 0.15) is 101 Å². The number of ether oxygens (including phenoxy) is 3.